The number of pyridine rings is 1. The Morgan fingerprint density at radius 2 is 1.86 bits per heavy atom. The third-order valence-corrected chi connectivity index (χ3v) is 9.83. The number of amides is 1. The minimum absolute atomic E-state index is 0.00728. The van der Waals surface area contributed by atoms with Crippen molar-refractivity contribution in [1.82, 2.24) is 9.71 Å². The second-order valence-electron chi connectivity index (χ2n) is 12.5. The van der Waals surface area contributed by atoms with E-state index in [-0.39, 0.29) is 11.4 Å². The Morgan fingerprint density at radius 1 is 1.08 bits per heavy atom. The molecule has 36 heavy (non-hydrogen) atoms. The van der Waals surface area contributed by atoms with Crippen LogP contribution < -0.4 is 19.8 Å². The maximum absolute atomic E-state index is 13.6. The van der Waals surface area contributed by atoms with Crippen LogP contribution in [0.1, 0.15) is 70.2 Å². The van der Waals surface area contributed by atoms with Gasteiger partial charge in [0.15, 0.2) is 0 Å². The number of hydrogen-bond donors (Lipinski definition) is 2. The highest BCUT2D eigenvalue weighted by Crippen LogP contribution is 2.54. The highest BCUT2D eigenvalue weighted by Gasteiger charge is 2.55. The molecule has 4 aliphatic rings. The molecule has 1 amide bonds. The minimum atomic E-state index is -0.0826. The summed E-state index contributed by atoms with van der Waals surface area (Å²) < 4.78 is 3.44. The van der Waals surface area contributed by atoms with Crippen molar-refractivity contribution in [3.8, 4) is 0 Å². The predicted octanol–water partition coefficient (Wildman–Crippen LogP) is 5.95. The Hall–Kier alpha value is -2.25. The van der Waals surface area contributed by atoms with Crippen molar-refractivity contribution < 1.29 is 4.79 Å². The maximum Gasteiger partial charge on any atom is 0.259 e. The lowest BCUT2D eigenvalue weighted by atomic mass is 9.93. The molecule has 6 nitrogen and oxygen atoms in total. The van der Waals surface area contributed by atoms with Crippen molar-refractivity contribution in [3.05, 3.63) is 42.0 Å². The number of carbonyl (C=O) groups is 1. The molecule has 1 aromatic carbocycles. The summed E-state index contributed by atoms with van der Waals surface area (Å²) in [4.78, 5) is 24.7. The fraction of sp³-hybridized carbons (Fsp3) is 0.586. The summed E-state index contributed by atoms with van der Waals surface area (Å²) in [6.45, 7) is 11.8. The lowest BCUT2D eigenvalue weighted by molar-refractivity contribution is 0.102. The summed E-state index contributed by atoms with van der Waals surface area (Å²) in [5.41, 5.74) is 2.07. The monoisotopic (exact) mass is 505 g/mol. The molecule has 2 aliphatic heterocycles. The van der Waals surface area contributed by atoms with Gasteiger partial charge in [0, 0.05) is 41.8 Å². The van der Waals surface area contributed by atoms with Crippen LogP contribution >= 0.6 is 11.9 Å². The quantitative estimate of drug-likeness (QED) is 0.473. The Bertz CT molecular complexity index is 1150. The highest BCUT2D eigenvalue weighted by molar-refractivity contribution is 7.97. The smallest absolute Gasteiger partial charge is 0.259 e. The molecule has 0 radical (unpaired) electrons. The number of carbonyl (C=O) groups excluding carboxylic acids is 1. The van der Waals surface area contributed by atoms with E-state index < -0.39 is 0 Å². The molecule has 1 aromatic heterocycles. The number of nitrogens with zero attached hydrogens (tertiary/aromatic N) is 3. The van der Waals surface area contributed by atoms with Crippen molar-refractivity contribution in [2.75, 3.05) is 34.8 Å². The molecule has 1 spiro atoms. The molecule has 2 aliphatic carbocycles. The van der Waals surface area contributed by atoms with Crippen molar-refractivity contribution in [3.63, 3.8) is 0 Å². The largest absolute Gasteiger partial charge is 0.356 e. The van der Waals surface area contributed by atoms with Gasteiger partial charge in [0.1, 0.15) is 11.6 Å². The van der Waals surface area contributed by atoms with E-state index in [1.165, 1.54) is 32.1 Å². The van der Waals surface area contributed by atoms with Crippen molar-refractivity contribution in [1.29, 1.82) is 0 Å². The van der Waals surface area contributed by atoms with E-state index in [1.54, 1.807) is 11.9 Å². The van der Waals surface area contributed by atoms with Crippen LogP contribution in [0.5, 0.6) is 0 Å². The zero-order valence-electron chi connectivity index (χ0n) is 22.0. The van der Waals surface area contributed by atoms with Crippen molar-refractivity contribution in [2.45, 2.75) is 76.3 Å². The molecule has 2 saturated carbocycles. The summed E-state index contributed by atoms with van der Waals surface area (Å²) in [7, 11) is 0. The first-order chi connectivity index (χ1) is 17.2. The standard InChI is InChI=1S/C29H39N5OS/c1-19-22-10-15-34(25(19)22)24-9-8-23(26(31-24)33-16-13-29(11-12-29)14-17-33)27(35)30-20-6-5-7-21(18-20)36-32-28(2,3)4/h5-9,18-19,22,25,32H,10-17H2,1-4H3,(H,30,35). The van der Waals surface area contributed by atoms with Crippen LogP contribution in [0.3, 0.4) is 0 Å². The molecule has 4 fully saturated rings. The number of anilines is 3. The molecule has 2 N–H and O–H groups in total. The molecule has 7 heteroatoms. The zero-order valence-corrected chi connectivity index (χ0v) is 22.8. The van der Waals surface area contributed by atoms with Crippen LogP contribution in [-0.4, -0.2) is 42.1 Å². The molecule has 3 unspecified atom stereocenters. The number of hydrogen-bond acceptors (Lipinski definition) is 6. The van der Waals surface area contributed by atoms with Gasteiger partial charge in [-0.25, -0.2) is 4.98 Å². The Kier molecular flexibility index (Phi) is 5.99. The van der Waals surface area contributed by atoms with E-state index in [2.05, 4.69) is 59.7 Å². The van der Waals surface area contributed by atoms with Gasteiger partial charge in [0.05, 0.1) is 5.56 Å². The van der Waals surface area contributed by atoms with E-state index in [0.717, 1.165) is 53.7 Å². The Labute approximate surface area is 219 Å². The van der Waals surface area contributed by atoms with E-state index in [9.17, 15) is 4.79 Å². The van der Waals surface area contributed by atoms with Gasteiger partial charge in [-0.05, 0) is 112 Å². The molecule has 6 rings (SSSR count). The second-order valence-corrected chi connectivity index (χ2v) is 13.3. The summed E-state index contributed by atoms with van der Waals surface area (Å²) in [5.74, 6) is 3.39. The SMILES string of the molecule is CC1C2CCN(c3ccc(C(=O)Nc4cccc(SNC(C)(C)C)c4)c(N4CCC5(CC4)CC5)n3)C12. The first-order valence-corrected chi connectivity index (χ1v) is 14.4. The third kappa shape index (κ3) is 4.84. The van der Waals surface area contributed by atoms with Crippen LogP contribution in [0, 0.1) is 17.3 Å². The number of fused-ring (bicyclic) bond motifs is 1. The van der Waals surface area contributed by atoms with Crippen LogP contribution in [0.4, 0.5) is 17.3 Å². The first kappa shape index (κ1) is 24.1. The van der Waals surface area contributed by atoms with Crippen LogP contribution in [-0.2, 0) is 0 Å². The number of rotatable bonds is 6. The molecular weight excluding hydrogens is 466 g/mol. The average Bonchev–Trinajstić information content (AvgIpc) is 3.69. The van der Waals surface area contributed by atoms with Gasteiger partial charge in [-0.2, -0.15) is 0 Å². The van der Waals surface area contributed by atoms with Gasteiger partial charge in [0.2, 0.25) is 0 Å². The average molecular weight is 506 g/mol. The first-order valence-electron chi connectivity index (χ1n) is 13.6. The number of aromatic nitrogens is 1. The van der Waals surface area contributed by atoms with Gasteiger partial charge in [-0.1, -0.05) is 13.0 Å². The Balaban J connectivity index is 1.24. The molecule has 2 saturated heterocycles. The molecule has 0 bridgehead atoms. The minimum Gasteiger partial charge on any atom is -0.356 e. The van der Waals surface area contributed by atoms with Gasteiger partial charge in [-0.3, -0.25) is 9.52 Å². The Morgan fingerprint density at radius 3 is 2.53 bits per heavy atom. The van der Waals surface area contributed by atoms with Gasteiger partial charge in [0.25, 0.3) is 5.91 Å². The third-order valence-electron chi connectivity index (χ3n) is 8.62. The zero-order chi connectivity index (χ0) is 25.1. The molecule has 2 aromatic rings. The van der Waals surface area contributed by atoms with E-state index in [0.29, 0.717) is 17.0 Å². The normalized spacial score (nSPS) is 26.2. The second kappa shape index (κ2) is 8.95. The van der Waals surface area contributed by atoms with Crippen LogP contribution in [0.25, 0.3) is 0 Å². The number of nitrogens with one attached hydrogen (secondary N) is 2. The summed E-state index contributed by atoms with van der Waals surface area (Å²) in [6, 6.07) is 12.7. The topological polar surface area (TPSA) is 60.5 Å². The van der Waals surface area contributed by atoms with Crippen LogP contribution in [0.2, 0.25) is 0 Å². The van der Waals surface area contributed by atoms with E-state index in [4.69, 9.17) is 4.98 Å². The molecular formula is C29H39N5OS. The fourth-order valence-electron chi connectivity index (χ4n) is 6.11. The molecule has 3 atom stereocenters. The van der Waals surface area contributed by atoms with Crippen molar-refractivity contribution >= 4 is 35.2 Å². The molecule has 3 heterocycles. The van der Waals surface area contributed by atoms with E-state index in [1.807, 2.05) is 24.3 Å². The molecule has 192 valence electrons. The lowest BCUT2D eigenvalue weighted by Gasteiger charge is -2.34. The highest BCUT2D eigenvalue weighted by atomic mass is 32.2. The van der Waals surface area contributed by atoms with Gasteiger partial charge in [-0.15, -0.1) is 0 Å². The van der Waals surface area contributed by atoms with E-state index >= 15 is 0 Å². The van der Waals surface area contributed by atoms with Crippen molar-refractivity contribution in [2.24, 2.45) is 17.3 Å². The lowest BCUT2D eigenvalue weighted by Crippen LogP contribution is -2.37. The maximum atomic E-state index is 13.6. The summed E-state index contributed by atoms with van der Waals surface area (Å²) in [5, 5.41) is 3.16. The predicted molar refractivity (Wildman–Crippen MR) is 149 cm³/mol. The van der Waals surface area contributed by atoms with Gasteiger partial charge < -0.3 is 15.1 Å². The van der Waals surface area contributed by atoms with Gasteiger partial charge >= 0.3 is 0 Å². The fourth-order valence-corrected chi connectivity index (χ4v) is 6.87. The van der Waals surface area contributed by atoms with Crippen LogP contribution in [0.15, 0.2) is 41.3 Å². The number of benzene rings is 1. The summed E-state index contributed by atoms with van der Waals surface area (Å²) in [6.07, 6.45) is 6.43. The number of piperidine rings is 2. The summed E-state index contributed by atoms with van der Waals surface area (Å²) >= 11 is 1.59.